The second kappa shape index (κ2) is 7.37. The number of primary sulfonamides is 1. The fraction of sp³-hybridized carbons (Fsp3) is 0.267. The van der Waals surface area contributed by atoms with Crippen LogP contribution in [0.15, 0.2) is 46.1 Å². The zero-order valence-electron chi connectivity index (χ0n) is 13.1. The number of nitrogens with one attached hydrogen (secondary N) is 1. The summed E-state index contributed by atoms with van der Waals surface area (Å²) in [5.74, 6) is -0.497. The fourth-order valence-electron chi connectivity index (χ4n) is 1.96. The molecule has 2 aromatic rings. The minimum Gasteiger partial charge on any atom is -0.321 e. The van der Waals surface area contributed by atoms with Crippen LogP contribution in [0, 0.1) is 0 Å². The number of carbonyl (C=O) groups excluding carboxylic acids is 1. The van der Waals surface area contributed by atoms with Gasteiger partial charge in [0.1, 0.15) is 5.69 Å². The van der Waals surface area contributed by atoms with Crippen molar-refractivity contribution in [2.75, 3.05) is 5.32 Å². The Hall–Kier alpha value is -2.52. The highest BCUT2D eigenvalue weighted by Gasteiger charge is 2.11. The highest BCUT2D eigenvalue weighted by molar-refractivity contribution is 7.89. The number of unbranched alkanes of at least 4 members (excludes halogenated alkanes) is 1. The number of rotatable bonds is 6. The zero-order valence-corrected chi connectivity index (χ0v) is 13.9. The van der Waals surface area contributed by atoms with Crippen LogP contribution in [0.2, 0.25) is 0 Å². The predicted octanol–water partition coefficient (Wildman–Crippen LogP) is 0.943. The van der Waals surface area contributed by atoms with Gasteiger partial charge in [0.15, 0.2) is 0 Å². The second-order valence-corrected chi connectivity index (χ2v) is 6.72. The third-order valence-corrected chi connectivity index (χ3v) is 4.19. The Morgan fingerprint density at radius 2 is 1.88 bits per heavy atom. The summed E-state index contributed by atoms with van der Waals surface area (Å²) < 4.78 is 23.6. The van der Waals surface area contributed by atoms with Gasteiger partial charge in [0.25, 0.3) is 11.5 Å². The molecule has 0 saturated carbocycles. The van der Waals surface area contributed by atoms with E-state index in [9.17, 15) is 18.0 Å². The lowest BCUT2D eigenvalue weighted by atomic mass is 10.3. The van der Waals surface area contributed by atoms with Crippen LogP contribution >= 0.6 is 0 Å². The molecule has 0 spiro atoms. The van der Waals surface area contributed by atoms with Crippen molar-refractivity contribution in [2.45, 2.75) is 31.2 Å². The molecule has 0 aliphatic heterocycles. The topological polar surface area (TPSA) is 124 Å². The van der Waals surface area contributed by atoms with Gasteiger partial charge in [-0.25, -0.2) is 18.2 Å². The molecule has 0 aliphatic carbocycles. The first-order chi connectivity index (χ1) is 11.3. The summed E-state index contributed by atoms with van der Waals surface area (Å²) in [5.41, 5.74) is 0.222. The number of aromatic nitrogens is 2. The first-order valence-electron chi connectivity index (χ1n) is 7.33. The molecule has 128 valence electrons. The molecule has 24 heavy (non-hydrogen) atoms. The lowest BCUT2D eigenvalue weighted by Gasteiger charge is -2.08. The first-order valence-corrected chi connectivity index (χ1v) is 8.88. The predicted molar refractivity (Wildman–Crippen MR) is 89.2 cm³/mol. The summed E-state index contributed by atoms with van der Waals surface area (Å²) in [5, 5.41) is 11.6. The lowest BCUT2D eigenvalue weighted by molar-refractivity contribution is 0.101. The van der Waals surface area contributed by atoms with E-state index in [4.69, 9.17) is 5.14 Å². The van der Waals surface area contributed by atoms with Crippen molar-refractivity contribution in [1.82, 2.24) is 9.78 Å². The maximum absolute atomic E-state index is 12.2. The van der Waals surface area contributed by atoms with E-state index in [0.717, 1.165) is 12.8 Å². The molecule has 0 saturated heterocycles. The van der Waals surface area contributed by atoms with Crippen molar-refractivity contribution in [1.29, 1.82) is 0 Å². The smallest absolute Gasteiger partial charge is 0.276 e. The van der Waals surface area contributed by atoms with Gasteiger partial charge in [-0.05, 0) is 36.8 Å². The Bertz CT molecular complexity index is 888. The van der Waals surface area contributed by atoms with Crippen LogP contribution in [-0.2, 0) is 16.6 Å². The van der Waals surface area contributed by atoms with E-state index in [0.29, 0.717) is 12.2 Å². The van der Waals surface area contributed by atoms with Crippen molar-refractivity contribution in [3.8, 4) is 0 Å². The molecule has 2 rings (SSSR count). The molecule has 8 nitrogen and oxygen atoms in total. The Morgan fingerprint density at radius 3 is 2.46 bits per heavy atom. The molecule has 3 N–H and O–H groups in total. The van der Waals surface area contributed by atoms with Crippen LogP contribution in [0.5, 0.6) is 0 Å². The van der Waals surface area contributed by atoms with Crippen LogP contribution in [-0.4, -0.2) is 24.1 Å². The van der Waals surface area contributed by atoms with Crippen LogP contribution in [0.3, 0.4) is 0 Å². The van der Waals surface area contributed by atoms with E-state index in [2.05, 4.69) is 10.4 Å². The summed E-state index contributed by atoms with van der Waals surface area (Å²) in [6.07, 6.45) is 1.69. The maximum atomic E-state index is 12.2. The normalized spacial score (nSPS) is 11.2. The van der Waals surface area contributed by atoms with Gasteiger partial charge >= 0.3 is 0 Å². The molecule has 0 aliphatic rings. The van der Waals surface area contributed by atoms with Gasteiger partial charge in [-0.1, -0.05) is 13.3 Å². The van der Waals surface area contributed by atoms with Gasteiger partial charge in [0.05, 0.1) is 4.90 Å². The van der Waals surface area contributed by atoms with Gasteiger partial charge in [0.2, 0.25) is 10.0 Å². The van der Waals surface area contributed by atoms with Gasteiger partial charge < -0.3 is 5.32 Å². The molecule has 9 heteroatoms. The number of amides is 1. The van der Waals surface area contributed by atoms with Crippen LogP contribution in [0.25, 0.3) is 0 Å². The Morgan fingerprint density at radius 1 is 1.21 bits per heavy atom. The molecule has 0 fully saturated rings. The highest BCUT2D eigenvalue weighted by atomic mass is 32.2. The average Bonchev–Trinajstić information content (AvgIpc) is 2.53. The van der Waals surface area contributed by atoms with E-state index in [1.165, 1.54) is 41.1 Å². The molecule has 0 radical (unpaired) electrons. The number of benzene rings is 1. The summed E-state index contributed by atoms with van der Waals surface area (Å²) in [4.78, 5) is 23.8. The standard InChI is InChI=1S/C15H18N4O4S/c1-2-3-10-19-14(20)9-8-13(18-19)15(21)17-11-4-6-12(7-5-11)24(16,22)23/h4-9H,2-3,10H2,1H3,(H,17,21)(H2,16,22,23). The second-order valence-electron chi connectivity index (χ2n) is 5.16. The van der Waals surface area contributed by atoms with Gasteiger partial charge in [-0.2, -0.15) is 5.10 Å². The SMILES string of the molecule is CCCCn1nc(C(=O)Nc2ccc(S(N)(=O)=O)cc2)ccc1=O. The summed E-state index contributed by atoms with van der Waals surface area (Å²) in [7, 11) is -3.78. The fourth-order valence-corrected chi connectivity index (χ4v) is 2.48. The Labute approximate surface area is 139 Å². The first kappa shape index (κ1) is 17.8. The Kier molecular flexibility index (Phi) is 5.47. The quantitative estimate of drug-likeness (QED) is 0.802. The lowest BCUT2D eigenvalue weighted by Crippen LogP contribution is -2.26. The van der Waals surface area contributed by atoms with Crippen molar-refractivity contribution < 1.29 is 13.2 Å². The summed E-state index contributed by atoms with van der Waals surface area (Å²) >= 11 is 0. The largest absolute Gasteiger partial charge is 0.321 e. The van der Waals surface area contributed by atoms with E-state index in [-0.39, 0.29) is 16.1 Å². The Balaban J connectivity index is 2.16. The number of sulfonamides is 1. The van der Waals surface area contributed by atoms with Crippen molar-refractivity contribution in [3.63, 3.8) is 0 Å². The molecule has 1 amide bonds. The minimum atomic E-state index is -3.78. The number of aryl methyl sites for hydroxylation is 1. The molecule has 0 unspecified atom stereocenters. The van der Waals surface area contributed by atoms with Crippen LogP contribution in [0.4, 0.5) is 5.69 Å². The van der Waals surface area contributed by atoms with Crippen molar-refractivity contribution >= 4 is 21.6 Å². The third kappa shape index (κ3) is 4.49. The molecular weight excluding hydrogens is 332 g/mol. The molecule has 1 heterocycles. The van der Waals surface area contributed by atoms with E-state index in [1.807, 2.05) is 6.92 Å². The number of carbonyl (C=O) groups is 1. The van der Waals surface area contributed by atoms with Gasteiger partial charge in [-0.15, -0.1) is 0 Å². The van der Waals surface area contributed by atoms with Gasteiger partial charge in [0, 0.05) is 18.3 Å². The van der Waals surface area contributed by atoms with Crippen molar-refractivity contribution in [3.05, 3.63) is 52.4 Å². The monoisotopic (exact) mass is 350 g/mol. The maximum Gasteiger partial charge on any atom is 0.276 e. The van der Waals surface area contributed by atoms with E-state index >= 15 is 0 Å². The molecule has 0 bridgehead atoms. The van der Waals surface area contributed by atoms with Gasteiger partial charge in [-0.3, -0.25) is 9.59 Å². The molecular formula is C15H18N4O4S. The molecule has 1 aromatic carbocycles. The summed E-state index contributed by atoms with van der Waals surface area (Å²) in [6, 6.07) is 8.07. The zero-order chi connectivity index (χ0) is 17.7. The summed E-state index contributed by atoms with van der Waals surface area (Å²) in [6.45, 7) is 2.44. The molecule has 1 aromatic heterocycles. The van der Waals surface area contributed by atoms with E-state index < -0.39 is 15.9 Å². The number of anilines is 1. The van der Waals surface area contributed by atoms with E-state index in [1.54, 1.807) is 0 Å². The number of nitrogens with zero attached hydrogens (tertiary/aromatic N) is 2. The van der Waals surface area contributed by atoms with Crippen molar-refractivity contribution in [2.24, 2.45) is 5.14 Å². The number of nitrogens with two attached hydrogens (primary N) is 1. The highest BCUT2D eigenvalue weighted by Crippen LogP contribution is 2.13. The van der Waals surface area contributed by atoms with Crippen LogP contribution < -0.4 is 16.0 Å². The third-order valence-electron chi connectivity index (χ3n) is 3.26. The van der Waals surface area contributed by atoms with Crippen LogP contribution in [0.1, 0.15) is 30.3 Å². The number of hydrogen-bond acceptors (Lipinski definition) is 5. The number of hydrogen-bond donors (Lipinski definition) is 2. The molecule has 0 atom stereocenters. The average molecular weight is 350 g/mol. The minimum absolute atomic E-state index is 0.0493.